The Labute approximate surface area is 169 Å². The van der Waals surface area contributed by atoms with Crippen LogP contribution in [0.5, 0.6) is 11.5 Å². The largest absolute Gasteiger partial charge is 0.490 e. The van der Waals surface area contributed by atoms with Crippen LogP contribution in [0.3, 0.4) is 0 Å². The van der Waals surface area contributed by atoms with Gasteiger partial charge in [-0.15, -0.1) is 0 Å². The molecule has 152 valence electrons. The summed E-state index contributed by atoms with van der Waals surface area (Å²) in [5.74, 6) is 0.0900. The summed E-state index contributed by atoms with van der Waals surface area (Å²) in [5.41, 5.74) is 0.697. The summed E-state index contributed by atoms with van der Waals surface area (Å²) in [6.45, 7) is 6.62. The van der Waals surface area contributed by atoms with E-state index in [4.69, 9.17) is 14.2 Å². The van der Waals surface area contributed by atoms with Crippen molar-refractivity contribution in [2.45, 2.75) is 33.6 Å². The van der Waals surface area contributed by atoms with E-state index in [0.717, 1.165) is 29.5 Å². The minimum Gasteiger partial charge on any atom is -0.490 e. The van der Waals surface area contributed by atoms with Gasteiger partial charge < -0.3 is 14.2 Å². The van der Waals surface area contributed by atoms with Crippen molar-refractivity contribution in [2.24, 2.45) is 0 Å². The van der Waals surface area contributed by atoms with E-state index in [1.807, 2.05) is 20.8 Å². The van der Waals surface area contributed by atoms with Crippen molar-refractivity contribution >= 4 is 35.0 Å². The average Bonchev–Trinajstić information content (AvgIpc) is 2.92. The molecule has 0 aromatic heterocycles. The molecular weight excluding hydrogens is 382 g/mol. The molecule has 0 unspecified atom stereocenters. The highest BCUT2D eigenvalue weighted by molar-refractivity contribution is 8.18. The number of hydrogen-bond donors (Lipinski definition) is 0. The van der Waals surface area contributed by atoms with Crippen LogP contribution >= 0.6 is 11.8 Å². The summed E-state index contributed by atoms with van der Waals surface area (Å²) in [6.07, 6.45) is 3.24. The van der Waals surface area contributed by atoms with E-state index < -0.39 is 17.1 Å². The van der Waals surface area contributed by atoms with Crippen LogP contribution in [0.15, 0.2) is 23.1 Å². The van der Waals surface area contributed by atoms with Gasteiger partial charge in [-0.25, -0.2) is 0 Å². The second kappa shape index (κ2) is 10.8. The maximum absolute atomic E-state index is 12.5. The zero-order valence-corrected chi connectivity index (χ0v) is 17.2. The molecule has 8 heteroatoms. The van der Waals surface area contributed by atoms with Gasteiger partial charge in [0.2, 0.25) is 0 Å². The van der Waals surface area contributed by atoms with Crippen LogP contribution in [0.4, 0.5) is 4.79 Å². The lowest BCUT2D eigenvalue weighted by atomic mass is 10.2. The number of thioether (sulfide) groups is 1. The van der Waals surface area contributed by atoms with Gasteiger partial charge in [0.15, 0.2) is 11.5 Å². The van der Waals surface area contributed by atoms with Gasteiger partial charge in [-0.3, -0.25) is 19.3 Å². The normalized spacial score (nSPS) is 15.2. The monoisotopic (exact) mass is 407 g/mol. The smallest absolute Gasteiger partial charge is 0.326 e. The van der Waals surface area contributed by atoms with Gasteiger partial charge in [0, 0.05) is 0 Å². The van der Waals surface area contributed by atoms with E-state index >= 15 is 0 Å². The van der Waals surface area contributed by atoms with Gasteiger partial charge in [0.1, 0.15) is 6.54 Å². The molecule has 1 aliphatic rings. The van der Waals surface area contributed by atoms with Crippen molar-refractivity contribution in [1.29, 1.82) is 0 Å². The first-order valence-electron chi connectivity index (χ1n) is 9.30. The topological polar surface area (TPSA) is 82.1 Å². The number of imide groups is 1. The Balaban J connectivity index is 2.12. The molecule has 2 amide bonds. The van der Waals surface area contributed by atoms with Gasteiger partial charge in [-0.1, -0.05) is 19.4 Å². The molecule has 1 aliphatic heterocycles. The van der Waals surface area contributed by atoms with Gasteiger partial charge in [-0.2, -0.15) is 0 Å². The van der Waals surface area contributed by atoms with E-state index in [9.17, 15) is 14.4 Å². The number of rotatable bonds is 10. The number of esters is 1. The maximum Gasteiger partial charge on any atom is 0.326 e. The molecule has 1 aromatic rings. The second-order valence-electron chi connectivity index (χ2n) is 5.91. The third-order valence-electron chi connectivity index (χ3n) is 3.79. The number of hydrogen-bond acceptors (Lipinski definition) is 7. The van der Waals surface area contributed by atoms with Crippen molar-refractivity contribution in [3.8, 4) is 11.5 Å². The molecule has 1 fully saturated rings. The summed E-state index contributed by atoms with van der Waals surface area (Å²) in [5, 5.41) is -0.486. The number of nitrogens with zero attached hydrogens (tertiary/aromatic N) is 1. The molecule has 0 spiro atoms. The van der Waals surface area contributed by atoms with Crippen molar-refractivity contribution < 1.29 is 28.6 Å². The molecule has 0 aliphatic carbocycles. The molecular formula is C20H25NO6S. The van der Waals surface area contributed by atoms with Crippen LogP contribution in [-0.4, -0.2) is 48.4 Å². The predicted molar refractivity (Wildman–Crippen MR) is 107 cm³/mol. The minimum atomic E-state index is -0.586. The van der Waals surface area contributed by atoms with E-state index in [1.165, 1.54) is 0 Å². The Morgan fingerprint density at radius 1 is 1.11 bits per heavy atom. The molecule has 1 saturated heterocycles. The number of unbranched alkanes of at least 4 members (excludes halogenated alkanes) is 1. The van der Waals surface area contributed by atoms with Crippen LogP contribution < -0.4 is 9.47 Å². The van der Waals surface area contributed by atoms with Crippen LogP contribution in [0, 0.1) is 0 Å². The van der Waals surface area contributed by atoms with E-state index in [2.05, 4.69) is 0 Å². The summed E-state index contributed by atoms with van der Waals surface area (Å²) >= 11 is 0.799. The lowest BCUT2D eigenvalue weighted by molar-refractivity contribution is -0.146. The van der Waals surface area contributed by atoms with Crippen molar-refractivity contribution in [2.75, 3.05) is 26.4 Å². The fourth-order valence-corrected chi connectivity index (χ4v) is 3.29. The molecule has 0 N–H and O–H groups in total. The van der Waals surface area contributed by atoms with E-state index in [1.54, 1.807) is 24.3 Å². The minimum absolute atomic E-state index is 0.248. The number of benzene rings is 1. The Bertz CT molecular complexity index is 761. The number of carbonyl (C=O) groups is 3. The molecule has 7 nitrogen and oxygen atoms in total. The lowest BCUT2D eigenvalue weighted by Crippen LogP contribution is -2.34. The van der Waals surface area contributed by atoms with Crippen LogP contribution in [0.25, 0.3) is 6.08 Å². The maximum atomic E-state index is 12.5. The number of ether oxygens (including phenoxy) is 3. The first-order chi connectivity index (χ1) is 13.5. The van der Waals surface area contributed by atoms with Gasteiger partial charge >= 0.3 is 5.97 Å². The fraction of sp³-hybridized carbons (Fsp3) is 0.450. The molecule has 2 rings (SSSR count). The highest BCUT2D eigenvalue weighted by Gasteiger charge is 2.36. The SMILES string of the molecule is CCCCOC(=O)CN1C(=O)S/C(=C/c2ccc(OCC)c(OCC)c2)C1=O. The summed E-state index contributed by atoms with van der Waals surface area (Å²) < 4.78 is 16.1. The highest BCUT2D eigenvalue weighted by Crippen LogP contribution is 2.34. The second-order valence-corrected chi connectivity index (χ2v) is 6.91. The zero-order valence-electron chi connectivity index (χ0n) is 16.4. The molecule has 0 saturated carbocycles. The van der Waals surface area contributed by atoms with Crippen molar-refractivity contribution in [3.05, 3.63) is 28.7 Å². The van der Waals surface area contributed by atoms with E-state index in [0.29, 0.717) is 30.3 Å². The summed E-state index contributed by atoms with van der Waals surface area (Å²) in [4.78, 5) is 37.6. The Hall–Kier alpha value is -2.48. The summed E-state index contributed by atoms with van der Waals surface area (Å²) in [6, 6.07) is 5.29. The van der Waals surface area contributed by atoms with Crippen molar-refractivity contribution in [1.82, 2.24) is 4.90 Å². The Morgan fingerprint density at radius 3 is 2.50 bits per heavy atom. The van der Waals surface area contributed by atoms with E-state index in [-0.39, 0.29) is 18.1 Å². The standard InChI is InChI=1S/C20H25NO6S/c1-4-7-10-27-18(22)13-21-19(23)17(28-20(21)24)12-14-8-9-15(25-5-2)16(11-14)26-6-3/h8-9,11-12H,4-7,10,13H2,1-3H3/b17-12+. The van der Waals surface area contributed by atoms with Gasteiger partial charge in [0.05, 0.1) is 24.7 Å². The average molecular weight is 407 g/mol. The number of amides is 2. The summed E-state index contributed by atoms with van der Waals surface area (Å²) in [7, 11) is 0. The molecule has 0 radical (unpaired) electrons. The van der Waals surface area contributed by atoms with Crippen LogP contribution in [-0.2, 0) is 14.3 Å². The number of carbonyl (C=O) groups excluding carboxylic acids is 3. The van der Waals surface area contributed by atoms with Crippen LogP contribution in [0.2, 0.25) is 0 Å². The molecule has 1 heterocycles. The van der Waals surface area contributed by atoms with Crippen LogP contribution in [0.1, 0.15) is 39.2 Å². The third-order valence-corrected chi connectivity index (χ3v) is 4.69. The molecule has 0 atom stereocenters. The molecule has 1 aromatic carbocycles. The Morgan fingerprint density at radius 2 is 1.82 bits per heavy atom. The quantitative estimate of drug-likeness (QED) is 0.331. The fourth-order valence-electron chi connectivity index (χ4n) is 2.45. The first kappa shape index (κ1) is 21.8. The Kier molecular flexibility index (Phi) is 8.38. The third kappa shape index (κ3) is 5.76. The predicted octanol–water partition coefficient (Wildman–Crippen LogP) is 3.86. The van der Waals surface area contributed by atoms with Gasteiger partial charge in [0.25, 0.3) is 11.1 Å². The van der Waals surface area contributed by atoms with Gasteiger partial charge in [-0.05, 0) is 55.8 Å². The van der Waals surface area contributed by atoms with Crippen molar-refractivity contribution in [3.63, 3.8) is 0 Å². The first-order valence-corrected chi connectivity index (χ1v) is 10.1. The lowest BCUT2D eigenvalue weighted by Gasteiger charge is -2.12. The molecule has 28 heavy (non-hydrogen) atoms. The zero-order chi connectivity index (χ0) is 20.5. The highest BCUT2D eigenvalue weighted by atomic mass is 32.2. The molecule has 0 bridgehead atoms.